The van der Waals surface area contributed by atoms with Crippen LogP contribution in [0.3, 0.4) is 0 Å². The van der Waals surface area contributed by atoms with Crippen molar-refractivity contribution in [1.82, 2.24) is 0 Å². The lowest BCUT2D eigenvalue weighted by Crippen LogP contribution is -1.94. The van der Waals surface area contributed by atoms with Crippen LogP contribution in [0.1, 0.15) is 84.0 Å². The Morgan fingerprint density at radius 3 is 2.10 bits per heavy atom. The number of hydrogen-bond donors (Lipinski definition) is 0. The summed E-state index contributed by atoms with van der Waals surface area (Å²) in [6, 6.07) is 0. The predicted octanol–water partition coefficient (Wildman–Crippen LogP) is 6.20. The third kappa shape index (κ3) is 9.36. The molecule has 1 saturated heterocycles. The summed E-state index contributed by atoms with van der Waals surface area (Å²) in [5.74, 6) is 0. The summed E-state index contributed by atoms with van der Waals surface area (Å²) in [6.45, 7) is 5.95. The third-order valence-electron chi connectivity index (χ3n) is 4.16. The van der Waals surface area contributed by atoms with Crippen LogP contribution in [0.2, 0.25) is 0 Å². The van der Waals surface area contributed by atoms with E-state index in [0.717, 1.165) is 0 Å². The summed E-state index contributed by atoms with van der Waals surface area (Å²) in [5, 5.41) is 0. The van der Waals surface area contributed by atoms with E-state index in [2.05, 4.69) is 19.6 Å². The molecule has 20 heavy (non-hydrogen) atoms. The number of unbranched alkanes of at least 4 members (excludes halogenated alkanes) is 8. The van der Waals surface area contributed by atoms with Crippen LogP contribution < -0.4 is 0 Å². The van der Waals surface area contributed by atoms with Gasteiger partial charge in [-0.2, -0.15) is 0 Å². The van der Waals surface area contributed by atoms with E-state index >= 15 is 0 Å². The number of allylic oxidation sites excluding steroid dienone is 3. The molecule has 1 rings (SSSR count). The van der Waals surface area contributed by atoms with Gasteiger partial charge in [0.05, 0.1) is 12.2 Å². The van der Waals surface area contributed by atoms with Crippen molar-refractivity contribution in [2.75, 3.05) is 0 Å². The predicted molar refractivity (Wildman–Crippen MR) is 89.1 cm³/mol. The van der Waals surface area contributed by atoms with Crippen molar-refractivity contribution >= 4 is 0 Å². The highest BCUT2D eigenvalue weighted by molar-refractivity contribution is 4.96. The van der Waals surface area contributed by atoms with Crippen LogP contribution in [0.5, 0.6) is 0 Å². The molecule has 1 heterocycles. The van der Waals surface area contributed by atoms with Crippen LogP contribution in [-0.4, -0.2) is 12.2 Å². The maximum Gasteiger partial charge on any atom is 0.0841 e. The highest BCUT2D eigenvalue weighted by Gasteiger charge is 2.36. The molecule has 0 aliphatic carbocycles. The molecule has 0 amide bonds. The van der Waals surface area contributed by atoms with Gasteiger partial charge in [-0.15, -0.1) is 0 Å². The highest BCUT2D eigenvalue weighted by atomic mass is 16.6. The van der Waals surface area contributed by atoms with E-state index in [1.807, 2.05) is 12.2 Å². The summed E-state index contributed by atoms with van der Waals surface area (Å²) in [5.41, 5.74) is 0. The van der Waals surface area contributed by atoms with Crippen LogP contribution in [-0.2, 0) is 4.74 Å². The quantitative estimate of drug-likeness (QED) is 0.209. The Kier molecular flexibility index (Phi) is 10.7. The zero-order valence-corrected chi connectivity index (χ0v) is 13.5. The minimum absolute atomic E-state index is 0.596. The first-order valence-corrected chi connectivity index (χ1v) is 8.81. The molecular weight excluding hydrogens is 244 g/mol. The van der Waals surface area contributed by atoms with Gasteiger partial charge < -0.3 is 4.74 Å². The number of epoxide rings is 1. The van der Waals surface area contributed by atoms with Gasteiger partial charge in [-0.05, 0) is 25.7 Å². The fraction of sp³-hybridized carbons (Fsp3) is 0.789. The van der Waals surface area contributed by atoms with Crippen LogP contribution in [0.4, 0.5) is 0 Å². The van der Waals surface area contributed by atoms with Gasteiger partial charge >= 0.3 is 0 Å². The Bertz CT molecular complexity index is 256. The van der Waals surface area contributed by atoms with Crippen molar-refractivity contribution in [3.8, 4) is 0 Å². The Hall–Kier alpha value is -0.560. The molecule has 0 aromatic heterocycles. The van der Waals surface area contributed by atoms with E-state index < -0.39 is 0 Å². The molecule has 1 aliphatic rings. The third-order valence-corrected chi connectivity index (χ3v) is 4.16. The molecule has 0 spiro atoms. The Morgan fingerprint density at radius 1 is 0.850 bits per heavy atom. The van der Waals surface area contributed by atoms with Crippen LogP contribution in [0.15, 0.2) is 24.8 Å². The lowest BCUT2D eigenvalue weighted by Gasteiger charge is -2.00. The molecule has 2 atom stereocenters. The van der Waals surface area contributed by atoms with Gasteiger partial charge in [-0.3, -0.25) is 0 Å². The lowest BCUT2D eigenvalue weighted by molar-refractivity contribution is 0.348. The summed E-state index contributed by atoms with van der Waals surface area (Å²) in [7, 11) is 0. The molecular formula is C19H34O. The topological polar surface area (TPSA) is 12.5 Å². The van der Waals surface area contributed by atoms with E-state index in [9.17, 15) is 0 Å². The molecule has 0 saturated carbocycles. The molecule has 1 nitrogen and oxygen atoms in total. The first-order valence-electron chi connectivity index (χ1n) is 8.81. The molecule has 1 aliphatic heterocycles. The zero-order chi connectivity index (χ0) is 14.5. The summed E-state index contributed by atoms with van der Waals surface area (Å²) in [6.07, 6.45) is 23.5. The average Bonchev–Trinajstić information content (AvgIpc) is 3.20. The van der Waals surface area contributed by atoms with Crippen LogP contribution in [0, 0.1) is 0 Å². The molecule has 0 aromatic carbocycles. The van der Waals surface area contributed by atoms with E-state index in [1.165, 1.54) is 77.0 Å². The minimum atomic E-state index is 0.596. The molecule has 0 radical (unpaired) electrons. The highest BCUT2D eigenvalue weighted by Crippen LogP contribution is 2.31. The first-order chi connectivity index (χ1) is 9.88. The van der Waals surface area contributed by atoms with E-state index in [-0.39, 0.29) is 0 Å². The molecule has 1 fully saturated rings. The molecule has 1 heteroatoms. The van der Waals surface area contributed by atoms with Crippen molar-refractivity contribution in [2.24, 2.45) is 0 Å². The first kappa shape index (κ1) is 17.5. The maximum atomic E-state index is 5.76. The second-order valence-corrected chi connectivity index (χ2v) is 6.07. The maximum absolute atomic E-state index is 5.76. The standard InChI is InChI=1S/C19H34O/c1-3-5-7-9-11-13-15-17-19-18(20-19)16-14-12-10-8-6-4-2/h4,6,8,18-19H,2-3,5,7,9-17H2,1H3/b8-6+/t18-,19+/m0/s1. The van der Waals surface area contributed by atoms with E-state index in [0.29, 0.717) is 12.2 Å². The summed E-state index contributed by atoms with van der Waals surface area (Å²) in [4.78, 5) is 0. The second kappa shape index (κ2) is 12.2. The van der Waals surface area contributed by atoms with Gasteiger partial charge in [0.25, 0.3) is 0 Å². The zero-order valence-electron chi connectivity index (χ0n) is 13.5. The van der Waals surface area contributed by atoms with Gasteiger partial charge in [0.2, 0.25) is 0 Å². The van der Waals surface area contributed by atoms with E-state index in [4.69, 9.17) is 4.74 Å². The lowest BCUT2D eigenvalue weighted by atomic mass is 10.0. The van der Waals surface area contributed by atoms with Crippen molar-refractivity contribution in [3.05, 3.63) is 24.8 Å². The average molecular weight is 278 g/mol. The summed E-state index contributed by atoms with van der Waals surface area (Å²) >= 11 is 0. The summed E-state index contributed by atoms with van der Waals surface area (Å²) < 4.78 is 5.76. The van der Waals surface area contributed by atoms with Crippen molar-refractivity contribution in [3.63, 3.8) is 0 Å². The molecule has 0 unspecified atom stereocenters. The Morgan fingerprint density at radius 2 is 1.45 bits per heavy atom. The van der Waals surface area contributed by atoms with Crippen LogP contribution in [0.25, 0.3) is 0 Å². The van der Waals surface area contributed by atoms with Crippen LogP contribution >= 0.6 is 0 Å². The van der Waals surface area contributed by atoms with Gasteiger partial charge in [0.1, 0.15) is 0 Å². The molecule has 0 aromatic rings. The van der Waals surface area contributed by atoms with Crippen molar-refractivity contribution in [1.29, 1.82) is 0 Å². The second-order valence-electron chi connectivity index (χ2n) is 6.07. The Labute approximate surface area is 126 Å². The monoisotopic (exact) mass is 278 g/mol. The number of hydrogen-bond acceptors (Lipinski definition) is 1. The van der Waals surface area contributed by atoms with Gasteiger partial charge in [-0.25, -0.2) is 0 Å². The fourth-order valence-electron chi connectivity index (χ4n) is 2.79. The number of ether oxygens (including phenoxy) is 1. The van der Waals surface area contributed by atoms with Crippen molar-refractivity contribution < 1.29 is 4.74 Å². The smallest absolute Gasteiger partial charge is 0.0841 e. The largest absolute Gasteiger partial charge is 0.370 e. The Balaban J connectivity index is 1.79. The molecule has 0 N–H and O–H groups in total. The van der Waals surface area contributed by atoms with Gasteiger partial charge in [-0.1, -0.05) is 83.1 Å². The fourth-order valence-corrected chi connectivity index (χ4v) is 2.79. The number of rotatable bonds is 14. The van der Waals surface area contributed by atoms with Gasteiger partial charge in [0.15, 0.2) is 0 Å². The molecule has 116 valence electrons. The normalized spacial score (nSPS) is 21.4. The molecule has 0 bridgehead atoms. The SMILES string of the molecule is C=C/C=C/CCCC[C@@H]1O[C@@H]1CCCCCCCCC. The minimum Gasteiger partial charge on any atom is -0.370 e. The van der Waals surface area contributed by atoms with Gasteiger partial charge in [0, 0.05) is 0 Å². The van der Waals surface area contributed by atoms with Crippen molar-refractivity contribution in [2.45, 2.75) is 96.2 Å². The van der Waals surface area contributed by atoms with E-state index in [1.54, 1.807) is 0 Å².